The molecule has 16 heavy (non-hydrogen) atoms. The van der Waals surface area contributed by atoms with Crippen LogP contribution in [-0.4, -0.2) is 14.6 Å². The molecule has 3 rings (SSSR count). The Morgan fingerprint density at radius 3 is 3.00 bits per heavy atom. The Bertz CT molecular complexity index is 525. The van der Waals surface area contributed by atoms with Gasteiger partial charge in [0.15, 0.2) is 5.65 Å². The number of nitrogens with zero attached hydrogens (tertiary/aromatic N) is 3. The highest BCUT2D eigenvalue weighted by molar-refractivity contribution is 5.42. The summed E-state index contributed by atoms with van der Waals surface area (Å²) < 4.78 is 1.85. The molecule has 0 radical (unpaired) electrons. The molecule has 1 aliphatic carbocycles. The molecule has 1 fully saturated rings. The Balaban J connectivity index is 2.04. The third-order valence-corrected chi connectivity index (χ3v) is 3.20. The lowest BCUT2D eigenvalue weighted by atomic mass is 10.2. The molecule has 0 bridgehead atoms. The van der Waals surface area contributed by atoms with Gasteiger partial charge in [0.2, 0.25) is 0 Å². The molecule has 0 spiro atoms. The Labute approximate surface area is 94.5 Å². The number of fused-ring (bicyclic) bond motifs is 1. The molecule has 0 saturated heterocycles. The van der Waals surface area contributed by atoms with Gasteiger partial charge in [-0.1, -0.05) is 13.3 Å². The van der Waals surface area contributed by atoms with Crippen molar-refractivity contribution in [2.24, 2.45) is 5.73 Å². The average Bonchev–Trinajstić information content (AvgIpc) is 2.88. The van der Waals surface area contributed by atoms with Crippen molar-refractivity contribution in [3.8, 4) is 0 Å². The summed E-state index contributed by atoms with van der Waals surface area (Å²) >= 11 is 0. The Morgan fingerprint density at radius 1 is 1.50 bits per heavy atom. The largest absolute Gasteiger partial charge is 0.320 e. The van der Waals surface area contributed by atoms with Crippen molar-refractivity contribution in [2.45, 2.75) is 38.1 Å². The summed E-state index contributed by atoms with van der Waals surface area (Å²) in [4.78, 5) is 4.41. The molecule has 4 nitrogen and oxygen atoms in total. The Morgan fingerprint density at radius 2 is 2.31 bits per heavy atom. The summed E-state index contributed by atoms with van der Waals surface area (Å²) in [6.07, 6.45) is 8.24. The Kier molecular flexibility index (Phi) is 2.01. The van der Waals surface area contributed by atoms with E-state index in [1.165, 1.54) is 5.56 Å². The summed E-state index contributed by atoms with van der Waals surface area (Å²) in [6.45, 7) is 2.16. The normalized spacial score (nSPS) is 17.9. The molecule has 0 aromatic carbocycles. The van der Waals surface area contributed by atoms with Gasteiger partial charge in [-0.25, -0.2) is 9.50 Å². The highest BCUT2D eigenvalue weighted by Crippen LogP contribution is 2.41. The second-order valence-corrected chi connectivity index (χ2v) is 4.70. The van der Waals surface area contributed by atoms with Crippen LogP contribution < -0.4 is 5.73 Å². The van der Waals surface area contributed by atoms with Crippen LogP contribution in [0.15, 0.2) is 18.5 Å². The monoisotopic (exact) mass is 216 g/mol. The van der Waals surface area contributed by atoms with E-state index in [1.807, 2.05) is 16.8 Å². The van der Waals surface area contributed by atoms with Gasteiger partial charge in [-0.15, -0.1) is 0 Å². The van der Waals surface area contributed by atoms with Gasteiger partial charge in [0.05, 0.1) is 11.2 Å². The second kappa shape index (κ2) is 3.28. The smallest absolute Gasteiger partial charge is 0.155 e. The number of rotatable bonds is 3. The zero-order chi connectivity index (χ0) is 11.2. The highest BCUT2D eigenvalue weighted by atomic mass is 15.3. The lowest BCUT2D eigenvalue weighted by molar-refractivity contribution is 0.690. The minimum atomic E-state index is -0.168. The summed E-state index contributed by atoms with van der Waals surface area (Å²) in [7, 11) is 0. The van der Waals surface area contributed by atoms with E-state index in [2.05, 4.69) is 23.2 Å². The van der Waals surface area contributed by atoms with E-state index in [1.54, 1.807) is 0 Å². The number of aryl methyl sites for hydroxylation is 1. The van der Waals surface area contributed by atoms with Gasteiger partial charge in [-0.05, 0) is 24.8 Å². The highest BCUT2D eigenvalue weighted by Gasteiger charge is 2.42. The van der Waals surface area contributed by atoms with Gasteiger partial charge in [0, 0.05) is 18.5 Å². The molecule has 0 unspecified atom stereocenters. The molecule has 84 valence electrons. The fourth-order valence-corrected chi connectivity index (χ4v) is 1.97. The van der Waals surface area contributed by atoms with Gasteiger partial charge in [-0.3, -0.25) is 0 Å². The van der Waals surface area contributed by atoms with E-state index in [0.717, 1.165) is 37.0 Å². The van der Waals surface area contributed by atoms with E-state index in [-0.39, 0.29) is 5.54 Å². The predicted octanol–water partition coefficient (Wildman–Crippen LogP) is 1.63. The maximum atomic E-state index is 6.12. The van der Waals surface area contributed by atoms with E-state index >= 15 is 0 Å². The molecule has 2 aromatic rings. The van der Waals surface area contributed by atoms with Crippen LogP contribution >= 0.6 is 0 Å². The van der Waals surface area contributed by atoms with Gasteiger partial charge < -0.3 is 5.73 Å². The molecular formula is C12H16N4. The first-order valence-electron chi connectivity index (χ1n) is 5.85. The van der Waals surface area contributed by atoms with E-state index in [4.69, 9.17) is 5.73 Å². The average molecular weight is 216 g/mol. The minimum absolute atomic E-state index is 0.168. The summed E-state index contributed by atoms with van der Waals surface area (Å²) in [5.41, 5.74) is 9.06. The summed E-state index contributed by atoms with van der Waals surface area (Å²) in [5.74, 6) is 0. The van der Waals surface area contributed by atoms with Crippen LogP contribution in [0.25, 0.3) is 5.65 Å². The molecule has 2 heterocycles. The topological polar surface area (TPSA) is 56.2 Å². The number of aromatic nitrogens is 3. The maximum absolute atomic E-state index is 6.12. The lowest BCUT2D eigenvalue weighted by Gasteiger charge is -2.01. The van der Waals surface area contributed by atoms with Crippen molar-refractivity contribution in [2.75, 3.05) is 0 Å². The van der Waals surface area contributed by atoms with Crippen molar-refractivity contribution in [1.29, 1.82) is 0 Å². The van der Waals surface area contributed by atoms with Crippen LogP contribution in [-0.2, 0) is 12.0 Å². The number of nitrogens with two attached hydrogens (primary N) is 1. The van der Waals surface area contributed by atoms with Crippen LogP contribution in [0.4, 0.5) is 0 Å². The first kappa shape index (κ1) is 9.78. The van der Waals surface area contributed by atoms with Crippen LogP contribution in [0.1, 0.15) is 37.4 Å². The summed E-state index contributed by atoms with van der Waals surface area (Å²) in [5, 5.41) is 4.52. The first-order valence-corrected chi connectivity index (χ1v) is 5.85. The van der Waals surface area contributed by atoms with Crippen LogP contribution in [0.3, 0.4) is 0 Å². The van der Waals surface area contributed by atoms with Crippen molar-refractivity contribution in [3.63, 3.8) is 0 Å². The molecule has 0 aliphatic heterocycles. The van der Waals surface area contributed by atoms with Gasteiger partial charge in [0.1, 0.15) is 0 Å². The molecule has 2 N–H and O–H groups in total. The molecule has 0 amide bonds. The zero-order valence-corrected chi connectivity index (χ0v) is 9.48. The molecule has 2 aromatic heterocycles. The third-order valence-electron chi connectivity index (χ3n) is 3.20. The first-order chi connectivity index (χ1) is 7.71. The number of hydrogen-bond donors (Lipinski definition) is 1. The van der Waals surface area contributed by atoms with Crippen LogP contribution in [0, 0.1) is 0 Å². The van der Waals surface area contributed by atoms with Crippen LogP contribution in [0.5, 0.6) is 0 Å². The van der Waals surface area contributed by atoms with Gasteiger partial charge in [-0.2, -0.15) is 5.10 Å². The molecule has 1 aliphatic rings. The molecule has 1 saturated carbocycles. The van der Waals surface area contributed by atoms with E-state index < -0.39 is 0 Å². The number of hydrogen-bond acceptors (Lipinski definition) is 3. The fraction of sp³-hybridized carbons (Fsp3) is 0.500. The SMILES string of the molecule is CCCc1cnc2cc(C3(N)CC3)nn2c1. The molecule has 4 heteroatoms. The third kappa shape index (κ3) is 1.50. The zero-order valence-electron chi connectivity index (χ0n) is 9.48. The molecular weight excluding hydrogens is 200 g/mol. The second-order valence-electron chi connectivity index (χ2n) is 4.70. The van der Waals surface area contributed by atoms with Crippen molar-refractivity contribution >= 4 is 5.65 Å². The maximum Gasteiger partial charge on any atom is 0.155 e. The van der Waals surface area contributed by atoms with Crippen molar-refractivity contribution in [3.05, 3.63) is 29.7 Å². The standard InChI is InChI=1S/C12H16N4/c1-2-3-9-7-14-11-6-10(12(13)4-5-12)15-16(11)8-9/h6-8H,2-5,13H2,1H3. The van der Waals surface area contributed by atoms with Gasteiger partial charge >= 0.3 is 0 Å². The van der Waals surface area contributed by atoms with Crippen molar-refractivity contribution < 1.29 is 0 Å². The van der Waals surface area contributed by atoms with Crippen LogP contribution in [0.2, 0.25) is 0 Å². The molecule has 0 atom stereocenters. The minimum Gasteiger partial charge on any atom is -0.320 e. The van der Waals surface area contributed by atoms with Gasteiger partial charge in [0.25, 0.3) is 0 Å². The Hall–Kier alpha value is -1.42. The predicted molar refractivity (Wildman–Crippen MR) is 62.1 cm³/mol. The van der Waals surface area contributed by atoms with E-state index in [0.29, 0.717) is 0 Å². The summed E-state index contributed by atoms with van der Waals surface area (Å²) in [6, 6.07) is 2.00. The fourth-order valence-electron chi connectivity index (χ4n) is 1.97. The lowest BCUT2D eigenvalue weighted by Crippen LogP contribution is -2.19. The quantitative estimate of drug-likeness (QED) is 0.848. The van der Waals surface area contributed by atoms with E-state index in [9.17, 15) is 0 Å². The van der Waals surface area contributed by atoms with Crippen molar-refractivity contribution in [1.82, 2.24) is 14.6 Å².